The number of aryl methyl sites for hydroxylation is 1. The summed E-state index contributed by atoms with van der Waals surface area (Å²) < 4.78 is 1.14. The predicted octanol–water partition coefficient (Wildman–Crippen LogP) is -0.469. The lowest BCUT2D eigenvalue weighted by Crippen LogP contribution is -2.19. The van der Waals surface area contributed by atoms with Gasteiger partial charge in [0, 0.05) is 7.05 Å². The lowest BCUT2D eigenvalue weighted by atomic mass is 10.3. The number of carbonyl (C=O) groups is 3. The van der Waals surface area contributed by atoms with Gasteiger partial charge in [0.2, 0.25) is 5.91 Å². The van der Waals surface area contributed by atoms with Crippen molar-refractivity contribution in [2.24, 2.45) is 7.05 Å². The molecule has 1 amide bonds. The van der Waals surface area contributed by atoms with Crippen LogP contribution in [0, 0.1) is 0 Å². The molecule has 0 unspecified atom stereocenters. The van der Waals surface area contributed by atoms with E-state index in [2.05, 4.69) is 10.4 Å². The van der Waals surface area contributed by atoms with E-state index < -0.39 is 24.3 Å². The molecule has 1 heterocycles. The number of carbonyl (C=O) groups excluding carboxylic acids is 1. The van der Waals surface area contributed by atoms with Crippen LogP contribution < -0.4 is 5.32 Å². The number of carboxylic acids is 2. The summed E-state index contributed by atoms with van der Waals surface area (Å²) >= 11 is 0. The highest BCUT2D eigenvalue weighted by molar-refractivity contribution is 6.04. The van der Waals surface area contributed by atoms with Gasteiger partial charge in [-0.1, -0.05) is 0 Å². The minimum Gasteiger partial charge on any atom is -0.481 e. The van der Waals surface area contributed by atoms with Crippen LogP contribution in [-0.2, 0) is 16.6 Å². The van der Waals surface area contributed by atoms with Crippen molar-refractivity contribution in [1.82, 2.24) is 9.78 Å². The highest BCUT2D eigenvalue weighted by Crippen LogP contribution is 2.13. The summed E-state index contributed by atoms with van der Waals surface area (Å²) in [7, 11) is 1.43. The number of nitrogens with zero attached hydrogens (tertiary/aromatic N) is 2. The number of aromatic nitrogens is 2. The van der Waals surface area contributed by atoms with E-state index in [4.69, 9.17) is 10.2 Å². The van der Waals surface area contributed by atoms with Gasteiger partial charge in [0.15, 0.2) is 0 Å². The van der Waals surface area contributed by atoms with Crippen molar-refractivity contribution in [2.75, 3.05) is 5.32 Å². The Hall–Kier alpha value is -2.38. The van der Waals surface area contributed by atoms with Gasteiger partial charge < -0.3 is 15.5 Å². The molecule has 0 aromatic carbocycles. The molecule has 16 heavy (non-hydrogen) atoms. The third-order valence-electron chi connectivity index (χ3n) is 1.74. The third-order valence-corrected chi connectivity index (χ3v) is 1.74. The molecule has 0 aliphatic heterocycles. The highest BCUT2D eigenvalue weighted by Gasteiger charge is 2.18. The number of hydrogen-bond donors (Lipinski definition) is 3. The number of aliphatic carboxylic acids is 1. The molecule has 0 saturated heterocycles. The first-order chi connectivity index (χ1) is 7.41. The summed E-state index contributed by atoms with van der Waals surface area (Å²) in [5.41, 5.74) is -0.193. The Balaban J connectivity index is 2.88. The maximum atomic E-state index is 11.1. The summed E-state index contributed by atoms with van der Waals surface area (Å²) in [4.78, 5) is 32.1. The fourth-order valence-electron chi connectivity index (χ4n) is 1.06. The number of nitrogens with one attached hydrogen (secondary N) is 1. The quantitative estimate of drug-likeness (QED) is 0.598. The molecule has 0 bridgehead atoms. The zero-order valence-electron chi connectivity index (χ0n) is 8.30. The molecule has 8 nitrogen and oxygen atoms in total. The van der Waals surface area contributed by atoms with Crippen LogP contribution in [0.2, 0.25) is 0 Å². The molecule has 0 radical (unpaired) electrons. The van der Waals surface area contributed by atoms with Crippen LogP contribution in [0.15, 0.2) is 6.20 Å². The summed E-state index contributed by atoms with van der Waals surface area (Å²) in [6.45, 7) is 0. The number of aromatic carboxylic acids is 1. The zero-order chi connectivity index (χ0) is 12.3. The molecule has 1 rings (SSSR count). The Morgan fingerprint density at radius 3 is 2.56 bits per heavy atom. The lowest BCUT2D eigenvalue weighted by Gasteiger charge is -2.04. The molecule has 0 atom stereocenters. The molecule has 0 spiro atoms. The van der Waals surface area contributed by atoms with E-state index in [1.165, 1.54) is 7.05 Å². The van der Waals surface area contributed by atoms with Crippen LogP contribution in [0.3, 0.4) is 0 Å². The van der Waals surface area contributed by atoms with Crippen molar-refractivity contribution in [1.29, 1.82) is 0 Å². The molecule has 0 aliphatic rings. The van der Waals surface area contributed by atoms with Crippen molar-refractivity contribution < 1.29 is 24.6 Å². The van der Waals surface area contributed by atoms with Crippen LogP contribution in [0.4, 0.5) is 5.82 Å². The molecule has 1 aromatic heterocycles. The van der Waals surface area contributed by atoms with E-state index >= 15 is 0 Å². The summed E-state index contributed by atoms with van der Waals surface area (Å²) in [6.07, 6.45) is 0.336. The standard InChI is InChI=1S/C8H9N3O5/c1-11-7(4(3-9-11)8(15)16)10-5(12)2-6(13)14/h3H,2H2,1H3,(H,10,12)(H,13,14)(H,15,16). The largest absolute Gasteiger partial charge is 0.481 e. The summed E-state index contributed by atoms with van der Waals surface area (Å²) in [5, 5.41) is 22.9. The second-order valence-corrected chi connectivity index (χ2v) is 2.95. The van der Waals surface area contributed by atoms with E-state index in [0.29, 0.717) is 0 Å². The molecule has 0 aliphatic carbocycles. The Kier molecular flexibility index (Phi) is 3.24. The van der Waals surface area contributed by atoms with Gasteiger partial charge in [0.05, 0.1) is 6.20 Å². The van der Waals surface area contributed by atoms with Crippen LogP contribution in [0.25, 0.3) is 0 Å². The first kappa shape index (κ1) is 11.7. The van der Waals surface area contributed by atoms with E-state index in [-0.39, 0.29) is 11.4 Å². The van der Waals surface area contributed by atoms with Crippen molar-refractivity contribution in [3.05, 3.63) is 11.8 Å². The molecule has 0 saturated carbocycles. The lowest BCUT2D eigenvalue weighted by molar-refractivity contribution is -0.139. The number of amides is 1. The van der Waals surface area contributed by atoms with Crippen LogP contribution in [0.5, 0.6) is 0 Å². The molecule has 86 valence electrons. The molecular formula is C8H9N3O5. The molecule has 3 N–H and O–H groups in total. The maximum Gasteiger partial charge on any atom is 0.341 e. The average Bonchev–Trinajstić information content (AvgIpc) is 2.46. The van der Waals surface area contributed by atoms with Gasteiger partial charge in [-0.05, 0) is 0 Å². The monoisotopic (exact) mass is 227 g/mol. The molecule has 8 heteroatoms. The van der Waals surface area contributed by atoms with Crippen molar-refractivity contribution in [3.8, 4) is 0 Å². The van der Waals surface area contributed by atoms with Crippen molar-refractivity contribution >= 4 is 23.7 Å². The van der Waals surface area contributed by atoms with Crippen LogP contribution in [-0.4, -0.2) is 37.8 Å². The first-order valence-corrected chi connectivity index (χ1v) is 4.18. The number of hydrogen-bond acceptors (Lipinski definition) is 4. The van der Waals surface area contributed by atoms with Gasteiger partial charge >= 0.3 is 11.9 Å². The van der Waals surface area contributed by atoms with E-state index in [1.54, 1.807) is 0 Å². The van der Waals surface area contributed by atoms with Crippen LogP contribution in [0.1, 0.15) is 16.8 Å². The number of anilines is 1. The van der Waals surface area contributed by atoms with Crippen molar-refractivity contribution in [2.45, 2.75) is 6.42 Å². The highest BCUT2D eigenvalue weighted by atomic mass is 16.4. The third kappa shape index (κ3) is 2.56. The smallest absolute Gasteiger partial charge is 0.341 e. The minimum atomic E-state index is -1.29. The molecular weight excluding hydrogens is 218 g/mol. The Morgan fingerprint density at radius 2 is 2.06 bits per heavy atom. The first-order valence-electron chi connectivity index (χ1n) is 4.18. The van der Waals surface area contributed by atoms with Gasteiger partial charge in [-0.3, -0.25) is 14.3 Å². The molecule has 0 fully saturated rings. The van der Waals surface area contributed by atoms with Crippen molar-refractivity contribution in [3.63, 3.8) is 0 Å². The van der Waals surface area contributed by atoms with E-state index in [1.807, 2.05) is 0 Å². The van der Waals surface area contributed by atoms with E-state index in [9.17, 15) is 14.4 Å². The van der Waals surface area contributed by atoms with Gasteiger partial charge in [-0.2, -0.15) is 5.10 Å². The van der Waals surface area contributed by atoms with E-state index in [0.717, 1.165) is 10.9 Å². The Bertz CT molecular complexity index is 451. The Labute approximate surface area is 89.5 Å². The minimum absolute atomic E-state index is 0.0428. The fourth-order valence-corrected chi connectivity index (χ4v) is 1.06. The van der Waals surface area contributed by atoms with Gasteiger partial charge in [0.1, 0.15) is 17.8 Å². The maximum absolute atomic E-state index is 11.1. The Morgan fingerprint density at radius 1 is 1.44 bits per heavy atom. The summed E-state index contributed by atoms with van der Waals surface area (Å²) in [5.74, 6) is -3.40. The molecule has 1 aromatic rings. The summed E-state index contributed by atoms with van der Waals surface area (Å²) in [6, 6.07) is 0. The van der Waals surface area contributed by atoms with Crippen LogP contribution >= 0.6 is 0 Å². The average molecular weight is 227 g/mol. The fraction of sp³-hybridized carbons (Fsp3) is 0.250. The number of rotatable bonds is 4. The second-order valence-electron chi connectivity index (χ2n) is 2.95. The van der Waals surface area contributed by atoms with Gasteiger partial charge in [0.25, 0.3) is 0 Å². The SMILES string of the molecule is Cn1ncc(C(=O)O)c1NC(=O)CC(=O)O. The van der Waals surface area contributed by atoms with Gasteiger partial charge in [-0.15, -0.1) is 0 Å². The second kappa shape index (κ2) is 4.43. The zero-order valence-corrected chi connectivity index (χ0v) is 8.30. The van der Waals surface area contributed by atoms with Gasteiger partial charge in [-0.25, -0.2) is 4.79 Å². The normalized spacial score (nSPS) is 9.81. The predicted molar refractivity (Wildman–Crippen MR) is 51.0 cm³/mol. The number of carboxylic acid groups (broad SMARTS) is 2. The topological polar surface area (TPSA) is 122 Å².